The molecule has 1 rings (SSSR count). The third-order valence-corrected chi connectivity index (χ3v) is 4.10. The van der Waals surface area contributed by atoms with E-state index in [0.717, 1.165) is 11.9 Å². The van der Waals surface area contributed by atoms with Gasteiger partial charge in [-0.25, -0.2) is 0 Å². The first-order chi connectivity index (χ1) is 9.86. The summed E-state index contributed by atoms with van der Waals surface area (Å²) in [6.45, 7) is 10.9. The van der Waals surface area contributed by atoms with Crippen molar-refractivity contribution in [2.24, 2.45) is 5.41 Å². The topological polar surface area (TPSA) is 17.1 Å². The molecular weight excluding hydrogens is 279 g/mol. The number of aldehydes is 1. The van der Waals surface area contributed by atoms with Gasteiger partial charge in [0, 0.05) is 0 Å². The maximum atomic E-state index is 10.3. The molecule has 0 atom stereocenters. The van der Waals surface area contributed by atoms with Crippen LogP contribution < -0.4 is 0 Å². The molecule has 0 spiro atoms. The van der Waals surface area contributed by atoms with Gasteiger partial charge < -0.3 is 0 Å². The summed E-state index contributed by atoms with van der Waals surface area (Å²) in [5, 5.41) is 0. The molecule has 116 valence electrons. The molecule has 1 aliphatic rings. The summed E-state index contributed by atoms with van der Waals surface area (Å²) < 4.78 is 0. The van der Waals surface area contributed by atoms with Crippen LogP contribution in [0.3, 0.4) is 0 Å². The zero-order chi connectivity index (χ0) is 15.9. The quantitative estimate of drug-likeness (QED) is 0.300. The van der Waals surface area contributed by atoms with Gasteiger partial charge in [-0.05, 0) is 62.7 Å². The van der Waals surface area contributed by atoms with E-state index in [9.17, 15) is 4.79 Å². The molecule has 0 heterocycles. The minimum absolute atomic E-state index is 0. The summed E-state index contributed by atoms with van der Waals surface area (Å²) in [6, 6.07) is 0. The summed E-state index contributed by atoms with van der Waals surface area (Å²) in [7, 11) is 0. The standard InChI is InChI=1S/C20H28O.Na.H/c1-16(8-6-9-17(2)13-15-21)11-12-19-18(3)10-7-14-20(19,4)5;;/h6,8-9,11-13,15H,7,10,14H2,1-5H3;;/b9-6+,12-11+,16-8+,17-13+;;. The molecule has 1 nitrogen and oxygen atoms in total. The van der Waals surface area contributed by atoms with E-state index < -0.39 is 0 Å². The molecular formula is C20H29NaO. The average molecular weight is 308 g/mol. The Morgan fingerprint density at radius 2 is 1.73 bits per heavy atom. The molecule has 22 heavy (non-hydrogen) atoms. The van der Waals surface area contributed by atoms with Gasteiger partial charge in [-0.1, -0.05) is 55.4 Å². The van der Waals surface area contributed by atoms with Gasteiger partial charge in [0.25, 0.3) is 0 Å². The second kappa shape index (κ2) is 10.2. The van der Waals surface area contributed by atoms with Gasteiger partial charge in [0.05, 0.1) is 0 Å². The van der Waals surface area contributed by atoms with Gasteiger partial charge in [0.15, 0.2) is 0 Å². The molecule has 0 saturated heterocycles. The van der Waals surface area contributed by atoms with E-state index in [2.05, 4.69) is 45.9 Å². The second-order valence-corrected chi connectivity index (χ2v) is 6.58. The molecule has 0 saturated carbocycles. The Labute approximate surface area is 158 Å². The second-order valence-electron chi connectivity index (χ2n) is 6.58. The van der Waals surface area contributed by atoms with Crippen molar-refractivity contribution in [3.8, 4) is 0 Å². The van der Waals surface area contributed by atoms with Crippen LogP contribution in [0.15, 0.2) is 58.7 Å². The molecule has 2 heteroatoms. The van der Waals surface area contributed by atoms with Crippen LogP contribution in [0.1, 0.15) is 53.9 Å². The van der Waals surface area contributed by atoms with Crippen LogP contribution in [0.4, 0.5) is 0 Å². The molecule has 0 bridgehead atoms. The first-order valence-corrected chi connectivity index (χ1v) is 7.72. The normalized spacial score (nSPS) is 19.7. The third-order valence-electron chi connectivity index (χ3n) is 4.10. The summed E-state index contributed by atoms with van der Waals surface area (Å²) in [4.78, 5) is 10.3. The van der Waals surface area contributed by atoms with Gasteiger partial charge in [-0.3, -0.25) is 4.79 Å². The van der Waals surface area contributed by atoms with Crippen LogP contribution in [-0.2, 0) is 4.79 Å². The number of carbonyl (C=O) groups excluding carboxylic acids is 1. The minimum atomic E-state index is 0. The zero-order valence-corrected chi connectivity index (χ0v) is 14.1. The Bertz CT molecular complexity index is 528. The Morgan fingerprint density at radius 3 is 2.32 bits per heavy atom. The average Bonchev–Trinajstić information content (AvgIpc) is 2.37. The molecule has 0 N–H and O–H groups in total. The predicted octanol–water partition coefficient (Wildman–Crippen LogP) is 5.07. The van der Waals surface area contributed by atoms with Gasteiger partial charge in [0.2, 0.25) is 0 Å². The van der Waals surface area contributed by atoms with Crippen molar-refractivity contribution in [2.45, 2.75) is 53.9 Å². The summed E-state index contributed by atoms with van der Waals surface area (Å²) in [6.07, 6.45) is 16.6. The van der Waals surface area contributed by atoms with Crippen molar-refractivity contribution in [1.82, 2.24) is 0 Å². The van der Waals surface area contributed by atoms with Crippen molar-refractivity contribution in [2.75, 3.05) is 0 Å². The molecule has 0 fully saturated rings. The van der Waals surface area contributed by atoms with Gasteiger partial charge >= 0.3 is 29.6 Å². The fraction of sp³-hybridized carbons (Fsp3) is 0.450. The van der Waals surface area contributed by atoms with E-state index in [0.29, 0.717) is 0 Å². The van der Waals surface area contributed by atoms with E-state index in [1.165, 1.54) is 36.0 Å². The Balaban J connectivity index is 0.00000441. The fourth-order valence-corrected chi connectivity index (χ4v) is 2.80. The van der Waals surface area contributed by atoms with E-state index in [4.69, 9.17) is 0 Å². The van der Waals surface area contributed by atoms with Crippen LogP contribution in [0.25, 0.3) is 0 Å². The van der Waals surface area contributed by atoms with Crippen LogP contribution >= 0.6 is 0 Å². The Hall–Kier alpha value is -0.630. The molecule has 0 aromatic rings. The summed E-state index contributed by atoms with van der Waals surface area (Å²) in [5.74, 6) is 0. The molecule has 0 aromatic carbocycles. The maximum absolute atomic E-state index is 10.3. The fourth-order valence-electron chi connectivity index (χ4n) is 2.80. The molecule has 0 amide bonds. The van der Waals surface area contributed by atoms with Gasteiger partial charge in [-0.2, -0.15) is 0 Å². The van der Waals surface area contributed by atoms with E-state index in [-0.39, 0.29) is 35.0 Å². The van der Waals surface area contributed by atoms with Crippen LogP contribution in [0.2, 0.25) is 0 Å². The number of hydrogen-bond donors (Lipinski definition) is 0. The molecule has 1 aliphatic carbocycles. The van der Waals surface area contributed by atoms with E-state index in [1.807, 2.05) is 19.1 Å². The molecule has 0 aliphatic heterocycles. The van der Waals surface area contributed by atoms with Gasteiger partial charge in [-0.15, -0.1) is 0 Å². The predicted molar refractivity (Wildman–Crippen MR) is 99.3 cm³/mol. The Morgan fingerprint density at radius 1 is 1.09 bits per heavy atom. The number of allylic oxidation sites excluding steroid dienone is 10. The first kappa shape index (κ1) is 21.4. The summed E-state index contributed by atoms with van der Waals surface area (Å²) in [5.41, 5.74) is 5.48. The zero-order valence-electron chi connectivity index (χ0n) is 14.1. The van der Waals surface area contributed by atoms with Crippen molar-refractivity contribution < 1.29 is 4.79 Å². The van der Waals surface area contributed by atoms with Crippen molar-refractivity contribution in [3.63, 3.8) is 0 Å². The van der Waals surface area contributed by atoms with Crippen LogP contribution in [-0.4, -0.2) is 35.8 Å². The molecule has 0 unspecified atom stereocenters. The van der Waals surface area contributed by atoms with Crippen molar-refractivity contribution in [3.05, 3.63) is 58.7 Å². The molecule has 0 radical (unpaired) electrons. The van der Waals surface area contributed by atoms with Crippen molar-refractivity contribution in [1.29, 1.82) is 0 Å². The van der Waals surface area contributed by atoms with E-state index in [1.54, 1.807) is 6.08 Å². The van der Waals surface area contributed by atoms with Crippen molar-refractivity contribution >= 4 is 35.8 Å². The van der Waals surface area contributed by atoms with Crippen LogP contribution in [0.5, 0.6) is 0 Å². The number of rotatable bonds is 5. The Kier molecular flexibility index (Phi) is 9.91. The molecule has 0 aromatic heterocycles. The van der Waals surface area contributed by atoms with E-state index >= 15 is 0 Å². The third kappa shape index (κ3) is 7.09. The number of carbonyl (C=O) groups is 1. The van der Waals surface area contributed by atoms with Gasteiger partial charge in [0.1, 0.15) is 6.29 Å². The summed E-state index contributed by atoms with van der Waals surface area (Å²) >= 11 is 0. The first-order valence-electron chi connectivity index (χ1n) is 7.72. The SMILES string of the molecule is CC1=C(/C=C/C(C)=C/C=C/C(C)=C/C=O)C(C)(C)CCC1.[NaH]. The van der Waals surface area contributed by atoms with Crippen LogP contribution in [0, 0.1) is 5.41 Å². The monoisotopic (exact) mass is 308 g/mol. The number of hydrogen-bond acceptors (Lipinski definition) is 1.